The third kappa shape index (κ3) is 6.17. The van der Waals surface area contributed by atoms with Crippen LogP contribution in [0.1, 0.15) is 48.4 Å². The number of carbonyl (C=O) groups excluding carboxylic acids is 2. The van der Waals surface area contributed by atoms with Crippen LogP contribution in [0, 0.1) is 5.92 Å². The van der Waals surface area contributed by atoms with Gasteiger partial charge in [-0.05, 0) is 36.6 Å². The highest BCUT2D eigenvalue weighted by Gasteiger charge is 2.34. The van der Waals surface area contributed by atoms with Crippen molar-refractivity contribution < 1.29 is 19.4 Å². The molecule has 0 saturated carbocycles. The maximum atomic E-state index is 14.5. The molecule has 3 aromatic carbocycles. The number of hydrogen-bond acceptors (Lipinski definition) is 4. The number of para-hydroxylation sites is 1. The van der Waals surface area contributed by atoms with Crippen LogP contribution >= 0.6 is 0 Å². The first-order valence-corrected chi connectivity index (χ1v) is 15.0. The molecule has 0 aliphatic carbocycles. The summed E-state index contributed by atoms with van der Waals surface area (Å²) in [6.07, 6.45) is -0.366. The van der Waals surface area contributed by atoms with E-state index in [0.717, 1.165) is 33.2 Å². The van der Waals surface area contributed by atoms with Gasteiger partial charge in [0.1, 0.15) is 5.69 Å². The number of fused-ring (bicyclic) bond motifs is 5. The van der Waals surface area contributed by atoms with Crippen LogP contribution in [0.25, 0.3) is 22.0 Å². The Labute approximate surface area is 253 Å². The van der Waals surface area contributed by atoms with Crippen LogP contribution in [-0.2, 0) is 18.4 Å². The second kappa shape index (κ2) is 13.0. The van der Waals surface area contributed by atoms with Crippen LogP contribution in [0.15, 0.2) is 78.9 Å². The van der Waals surface area contributed by atoms with E-state index < -0.39 is 6.04 Å². The predicted octanol–water partition coefficient (Wildman–Crippen LogP) is 5.61. The quantitative estimate of drug-likeness (QED) is 0.310. The maximum absolute atomic E-state index is 14.5. The summed E-state index contributed by atoms with van der Waals surface area (Å²) < 4.78 is 8.59. The van der Waals surface area contributed by atoms with Crippen molar-refractivity contribution in [1.29, 1.82) is 0 Å². The first kappa shape index (κ1) is 30.3. The number of benzene rings is 3. The molecule has 2 heterocycles. The highest BCUT2D eigenvalue weighted by Crippen LogP contribution is 2.38. The Morgan fingerprint density at radius 1 is 1.05 bits per heavy atom. The number of amides is 3. The van der Waals surface area contributed by atoms with Gasteiger partial charge in [0.15, 0.2) is 0 Å². The van der Waals surface area contributed by atoms with Gasteiger partial charge in [-0.2, -0.15) is 0 Å². The normalized spacial score (nSPS) is 18.7. The molecule has 2 N–H and O–H groups in total. The lowest BCUT2D eigenvalue weighted by atomic mass is 9.96. The van der Waals surface area contributed by atoms with E-state index in [1.807, 2.05) is 111 Å². The van der Waals surface area contributed by atoms with E-state index >= 15 is 0 Å². The van der Waals surface area contributed by atoms with E-state index in [1.54, 1.807) is 16.8 Å². The summed E-state index contributed by atoms with van der Waals surface area (Å²) in [5, 5.41) is 14.3. The summed E-state index contributed by atoms with van der Waals surface area (Å²) in [6.45, 7) is 6.72. The van der Waals surface area contributed by atoms with Crippen LogP contribution in [-0.4, -0.2) is 70.3 Å². The Morgan fingerprint density at radius 3 is 2.47 bits per heavy atom. The molecule has 0 fully saturated rings. The predicted molar refractivity (Wildman–Crippen MR) is 170 cm³/mol. The molecular weight excluding hydrogens is 540 g/mol. The summed E-state index contributed by atoms with van der Waals surface area (Å²) in [4.78, 5) is 31.1. The molecule has 4 atom stereocenters. The Hall–Kier alpha value is -4.14. The third-order valence-corrected chi connectivity index (χ3v) is 8.67. The molecule has 43 heavy (non-hydrogen) atoms. The molecule has 3 amide bonds. The maximum Gasteiger partial charge on any atom is 0.317 e. The van der Waals surface area contributed by atoms with Gasteiger partial charge in [0.25, 0.3) is 5.91 Å². The van der Waals surface area contributed by atoms with Crippen LogP contribution in [0.4, 0.5) is 4.79 Å². The van der Waals surface area contributed by atoms with E-state index in [4.69, 9.17) is 4.74 Å². The third-order valence-electron chi connectivity index (χ3n) is 8.67. The van der Waals surface area contributed by atoms with Crippen LogP contribution in [0.3, 0.4) is 0 Å². The molecule has 0 saturated heterocycles. The number of aliphatic hydroxyl groups is 1. The molecule has 226 valence electrons. The summed E-state index contributed by atoms with van der Waals surface area (Å²) in [5.41, 5.74) is 5.36. The van der Waals surface area contributed by atoms with Gasteiger partial charge in [-0.1, -0.05) is 79.7 Å². The van der Waals surface area contributed by atoms with Crippen LogP contribution in [0.2, 0.25) is 0 Å². The summed E-state index contributed by atoms with van der Waals surface area (Å²) >= 11 is 0. The minimum atomic E-state index is -0.412. The largest absolute Gasteiger partial charge is 0.394 e. The monoisotopic (exact) mass is 582 g/mol. The Bertz CT molecular complexity index is 1580. The number of likely N-dealkylation sites (N-methyl/N-ethyl adjacent to an activating group) is 1. The first-order valence-electron chi connectivity index (χ1n) is 15.0. The minimum absolute atomic E-state index is 0.136. The fraction of sp³-hybridized carbons (Fsp3) is 0.371. The van der Waals surface area contributed by atoms with Gasteiger partial charge >= 0.3 is 6.03 Å². The van der Waals surface area contributed by atoms with Crippen molar-refractivity contribution in [3.8, 4) is 11.1 Å². The second-order valence-electron chi connectivity index (χ2n) is 11.7. The Kier molecular flexibility index (Phi) is 9.18. The zero-order valence-corrected chi connectivity index (χ0v) is 25.7. The molecule has 8 heteroatoms. The number of aromatic nitrogens is 1. The molecule has 4 aromatic rings. The van der Waals surface area contributed by atoms with E-state index in [2.05, 4.69) is 5.32 Å². The van der Waals surface area contributed by atoms with Gasteiger partial charge in [0, 0.05) is 49.6 Å². The number of urea groups is 1. The minimum Gasteiger partial charge on any atom is -0.394 e. The number of nitrogens with zero attached hydrogens (tertiary/aromatic N) is 3. The number of nitrogens with one attached hydrogen (secondary N) is 1. The fourth-order valence-electron chi connectivity index (χ4n) is 6.00. The molecule has 0 radical (unpaired) electrons. The summed E-state index contributed by atoms with van der Waals surface area (Å²) in [7, 11) is 3.69. The lowest BCUT2D eigenvalue weighted by Gasteiger charge is -2.35. The van der Waals surface area contributed by atoms with Crippen molar-refractivity contribution in [2.24, 2.45) is 13.0 Å². The zero-order valence-electron chi connectivity index (χ0n) is 25.7. The number of aryl methyl sites for hydroxylation is 1. The van der Waals surface area contributed by atoms with E-state index in [9.17, 15) is 14.7 Å². The molecule has 8 nitrogen and oxygen atoms in total. The van der Waals surface area contributed by atoms with Crippen molar-refractivity contribution in [1.82, 2.24) is 19.7 Å². The standard InChI is InChI=1S/C35H42N4O4/c1-23-19-39(24(2)21-40)34(41)33-32(29-17-11-12-18-30(29)38(33)5)28-16-10-9-15-27(28)22-43-31(23)20-37(4)35(42)36-25(3)26-13-7-6-8-14-26/h6-18,23-25,31,40H,19-22H2,1-5H3,(H,36,42)/t23-,24-,25+,31-/m0/s1. The van der Waals surface area contributed by atoms with Gasteiger partial charge in [0.05, 0.1) is 31.4 Å². The SMILES string of the molecule is C[C@@H](NC(=O)N(C)C[C@@H]1OCc2ccccc2-c2c(n(C)c3ccccc23)C(=O)N([C@@H](C)CO)C[C@@H]1C)c1ccccc1. The molecule has 0 bridgehead atoms. The Morgan fingerprint density at radius 2 is 1.72 bits per heavy atom. The highest BCUT2D eigenvalue weighted by atomic mass is 16.5. The van der Waals surface area contributed by atoms with Crippen molar-refractivity contribution >= 4 is 22.8 Å². The van der Waals surface area contributed by atoms with Crippen LogP contribution in [0.5, 0.6) is 0 Å². The topological polar surface area (TPSA) is 87.0 Å². The van der Waals surface area contributed by atoms with E-state index in [-0.39, 0.29) is 36.6 Å². The Balaban J connectivity index is 1.50. The number of hydrogen-bond donors (Lipinski definition) is 2. The van der Waals surface area contributed by atoms with Gasteiger partial charge in [-0.3, -0.25) is 4.79 Å². The van der Waals surface area contributed by atoms with Crippen molar-refractivity contribution in [3.05, 3.63) is 95.7 Å². The van der Waals surface area contributed by atoms with Crippen molar-refractivity contribution in [3.63, 3.8) is 0 Å². The number of ether oxygens (including phenoxy) is 1. The van der Waals surface area contributed by atoms with E-state index in [1.165, 1.54) is 0 Å². The number of carbonyl (C=O) groups is 2. The van der Waals surface area contributed by atoms with Gasteiger partial charge in [-0.15, -0.1) is 0 Å². The molecule has 0 spiro atoms. The number of rotatable bonds is 6. The van der Waals surface area contributed by atoms with Crippen LogP contribution < -0.4 is 5.32 Å². The van der Waals surface area contributed by atoms with Crippen molar-refractivity contribution in [2.75, 3.05) is 26.7 Å². The fourth-order valence-corrected chi connectivity index (χ4v) is 6.00. The number of aliphatic hydroxyl groups excluding tert-OH is 1. The molecular formula is C35H42N4O4. The average molecular weight is 583 g/mol. The average Bonchev–Trinajstić information content (AvgIpc) is 3.32. The van der Waals surface area contributed by atoms with Gasteiger partial charge in [0.2, 0.25) is 0 Å². The molecule has 1 aromatic heterocycles. The highest BCUT2D eigenvalue weighted by molar-refractivity contribution is 6.10. The van der Waals surface area contributed by atoms with Gasteiger partial charge in [-0.25, -0.2) is 4.79 Å². The lowest BCUT2D eigenvalue weighted by Crippen LogP contribution is -2.49. The second-order valence-corrected chi connectivity index (χ2v) is 11.7. The molecule has 1 aliphatic heterocycles. The van der Waals surface area contributed by atoms with Gasteiger partial charge < -0.3 is 29.5 Å². The zero-order chi connectivity index (χ0) is 30.7. The molecule has 1 aliphatic rings. The summed E-state index contributed by atoms with van der Waals surface area (Å²) in [5.74, 6) is -0.275. The smallest absolute Gasteiger partial charge is 0.317 e. The van der Waals surface area contributed by atoms with E-state index in [0.29, 0.717) is 25.4 Å². The first-order chi connectivity index (χ1) is 20.7. The van der Waals surface area contributed by atoms with Crippen molar-refractivity contribution in [2.45, 2.75) is 45.6 Å². The molecule has 0 unspecified atom stereocenters. The summed E-state index contributed by atoms with van der Waals surface area (Å²) in [6, 6.07) is 25.2. The molecule has 5 rings (SSSR count). The lowest BCUT2D eigenvalue weighted by molar-refractivity contribution is -0.0186.